The van der Waals surface area contributed by atoms with Crippen molar-refractivity contribution in [2.24, 2.45) is 0 Å². The molecule has 0 aliphatic rings. The summed E-state index contributed by atoms with van der Waals surface area (Å²) >= 11 is 5.97. The topological polar surface area (TPSA) is 131 Å². The van der Waals surface area contributed by atoms with Crippen LogP contribution in [0, 0.1) is 0 Å². The van der Waals surface area contributed by atoms with Crippen molar-refractivity contribution in [2.75, 3.05) is 12.3 Å². The van der Waals surface area contributed by atoms with Crippen molar-refractivity contribution in [3.05, 3.63) is 83.4 Å². The van der Waals surface area contributed by atoms with Crippen LogP contribution in [0.4, 0.5) is 5.82 Å². The SMILES string of the molecule is CC(OC(=O)c1ccccc1)[C@@H](COC(=O)c1ccccc1)OC(C)n1cnc2c(N)nc(Cl)nc21. The quantitative estimate of drug-likeness (QED) is 0.262. The van der Waals surface area contributed by atoms with Gasteiger partial charge < -0.3 is 19.9 Å². The van der Waals surface area contributed by atoms with E-state index in [0.717, 1.165) is 0 Å². The summed E-state index contributed by atoms with van der Waals surface area (Å²) in [6.07, 6.45) is -0.780. The van der Waals surface area contributed by atoms with Gasteiger partial charge in [-0.3, -0.25) is 4.57 Å². The molecule has 0 amide bonds. The summed E-state index contributed by atoms with van der Waals surface area (Å²) in [5.41, 5.74) is 7.41. The molecule has 0 spiro atoms. The molecule has 2 unspecified atom stereocenters. The zero-order valence-corrected chi connectivity index (χ0v) is 20.3. The molecular formula is C25H24ClN5O5. The molecular weight excluding hydrogens is 486 g/mol. The molecule has 2 aromatic heterocycles. The largest absolute Gasteiger partial charge is 0.459 e. The van der Waals surface area contributed by atoms with Crippen LogP contribution < -0.4 is 5.73 Å². The van der Waals surface area contributed by atoms with E-state index in [4.69, 9.17) is 31.5 Å². The highest BCUT2D eigenvalue weighted by molar-refractivity contribution is 6.28. The summed E-state index contributed by atoms with van der Waals surface area (Å²) in [6.45, 7) is 3.23. The number of nitrogens with two attached hydrogens (primary N) is 1. The van der Waals surface area contributed by atoms with Crippen LogP contribution in [0.3, 0.4) is 0 Å². The minimum atomic E-state index is -0.826. The van der Waals surface area contributed by atoms with Gasteiger partial charge in [0.1, 0.15) is 30.6 Å². The van der Waals surface area contributed by atoms with E-state index in [0.29, 0.717) is 22.3 Å². The molecule has 4 aromatic rings. The lowest BCUT2D eigenvalue weighted by Crippen LogP contribution is -2.37. The van der Waals surface area contributed by atoms with E-state index in [2.05, 4.69) is 15.0 Å². The highest BCUT2D eigenvalue weighted by Gasteiger charge is 2.28. The number of anilines is 1. The molecule has 36 heavy (non-hydrogen) atoms. The van der Waals surface area contributed by atoms with E-state index < -0.39 is 30.4 Å². The van der Waals surface area contributed by atoms with Crippen molar-refractivity contribution in [1.29, 1.82) is 0 Å². The molecule has 3 atom stereocenters. The predicted octanol–water partition coefficient (Wildman–Crippen LogP) is 4.07. The van der Waals surface area contributed by atoms with Gasteiger partial charge in [-0.25, -0.2) is 14.6 Å². The number of nitrogens with zero attached hydrogens (tertiary/aromatic N) is 4. The monoisotopic (exact) mass is 509 g/mol. The van der Waals surface area contributed by atoms with Crippen molar-refractivity contribution in [1.82, 2.24) is 19.5 Å². The molecule has 0 radical (unpaired) electrons. The maximum atomic E-state index is 12.6. The summed E-state index contributed by atoms with van der Waals surface area (Å²) < 4.78 is 18.9. The summed E-state index contributed by atoms with van der Waals surface area (Å²) in [6, 6.07) is 17.1. The number of esters is 2. The third-order valence-electron chi connectivity index (χ3n) is 5.40. The summed E-state index contributed by atoms with van der Waals surface area (Å²) in [5, 5.41) is -0.0348. The van der Waals surface area contributed by atoms with E-state index in [-0.39, 0.29) is 17.7 Å². The molecule has 2 N–H and O–H groups in total. The minimum Gasteiger partial charge on any atom is -0.459 e. The molecule has 2 heterocycles. The Balaban J connectivity index is 1.53. The van der Waals surface area contributed by atoms with Crippen LogP contribution in [0.25, 0.3) is 11.2 Å². The molecule has 10 nitrogen and oxygen atoms in total. The maximum absolute atomic E-state index is 12.6. The first-order valence-corrected chi connectivity index (χ1v) is 11.5. The normalized spacial score (nSPS) is 13.6. The first kappa shape index (κ1) is 25.1. The molecule has 0 fully saturated rings. The molecule has 2 aromatic carbocycles. The number of nitrogen functional groups attached to an aromatic ring is 1. The molecule has 0 aliphatic carbocycles. The van der Waals surface area contributed by atoms with Gasteiger partial charge in [0.05, 0.1) is 17.5 Å². The number of halogens is 1. The fraction of sp³-hybridized carbons (Fsp3) is 0.240. The second-order valence-electron chi connectivity index (χ2n) is 7.92. The van der Waals surface area contributed by atoms with Crippen LogP contribution in [-0.2, 0) is 14.2 Å². The zero-order chi connectivity index (χ0) is 25.7. The Morgan fingerprint density at radius 3 is 2.22 bits per heavy atom. The Morgan fingerprint density at radius 2 is 1.58 bits per heavy atom. The van der Waals surface area contributed by atoms with Gasteiger partial charge >= 0.3 is 11.9 Å². The lowest BCUT2D eigenvalue weighted by molar-refractivity contribution is -0.116. The second kappa shape index (κ2) is 11.1. The fourth-order valence-corrected chi connectivity index (χ4v) is 3.65. The molecule has 0 bridgehead atoms. The lowest BCUT2D eigenvalue weighted by atomic mass is 10.2. The number of imidazole rings is 1. The van der Waals surface area contributed by atoms with Crippen molar-refractivity contribution in [3.63, 3.8) is 0 Å². The van der Waals surface area contributed by atoms with Gasteiger partial charge in [0.15, 0.2) is 11.5 Å². The van der Waals surface area contributed by atoms with Gasteiger partial charge in [-0.05, 0) is 49.7 Å². The van der Waals surface area contributed by atoms with Crippen molar-refractivity contribution < 1.29 is 23.8 Å². The second-order valence-corrected chi connectivity index (χ2v) is 8.25. The predicted molar refractivity (Wildman–Crippen MR) is 132 cm³/mol. The maximum Gasteiger partial charge on any atom is 0.338 e. The number of aromatic nitrogens is 4. The number of benzene rings is 2. The van der Waals surface area contributed by atoms with Crippen LogP contribution in [0.2, 0.25) is 5.28 Å². The Labute approximate surface area is 212 Å². The van der Waals surface area contributed by atoms with Gasteiger partial charge in [-0.15, -0.1) is 0 Å². The zero-order valence-electron chi connectivity index (χ0n) is 19.6. The van der Waals surface area contributed by atoms with Gasteiger partial charge in [-0.1, -0.05) is 36.4 Å². The third-order valence-corrected chi connectivity index (χ3v) is 5.57. The Hall–Kier alpha value is -4.02. The average molecular weight is 510 g/mol. The summed E-state index contributed by atoms with van der Waals surface area (Å²) in [4.78, 5) is 37.5. The van der Waals surface area contributed by atoms with Crippen LogP contribution in [0.1, 0.15) is 40.8 Å². The Bertz CT molecular complexity index is 1350. The number of carbonyl (C=O) groups is 2. The highest BCUT2D eigenvalue weighted by atomic mass is 35.5. The fourth-order valence-electron chi connectivity index (χ4n) is 3.48. The average Bonchev–Trinajstić information content (AvgIpc) is 3.31. The van der Waals surface area contributed by atoms with E-state index in [1.165, 1.54) is 6.33 Å². The summed E-state index contributed by atoms with van der Waals surface area (Å²) in [5.74, 6) is -0.924. The van der Waals surface area contributed by atoms with Crippen LogP contribution in [-0.4, -0.2) is 50.3 Å². The van der Waals surface area contributed by atoms with Crippen molar-refractivity contribution >= 4 is 40.5 Å². The van der Waals surface area contributed by atoms with Gasteiger partial charge in [0.25, 0.3) is 0 Å². The number of carbonyl (C=O) groups excluding carboxylic acids is 2. The first-order valence-electron chi connectivity index (χ1n) is 11.1. The summed E-state index contributed by atoms with van der Waals surface area (Å²) in [7, 11) is 0. The van der Waals surface area contributed by atoms with Crippen LogP contribution in [0.5, 0.6) is 0 Å². The number of hydrogen-bond donors (Lipinski definition) is 1. The van der Waals surface area contributed by atoms with Crippen LogP contribution in [0.15, 0.2) is 67.0 Å². The molecule has 0 saturated heterocycles. The molecule has 4 rings (SSSR count). The minimum absolute atomic E-state index is 0.0348. The molecule has 0 aliphatic heterocycles. The van der Waals surface area contributed by atoms with E-state index in [9.17, 15) is 9.59 Å². The first-order chi connectivity index (χ1) is 17.3. The molecule has 11 heteroatoms. The Kier molecular flexibility index (Phi) is 7.77. The number of rotatable bonds is 9. The van der Waals surface area contributed by atoms with Gasteiger partial charge in [0, 0.05) is 0 Å². The van der Waals surface area contributed by atoms with E-state index >= 15 is 0 Å². The number of fused-ring (bicyclic) bond motifs is 1. The third kappa shape index (κ3) is 5.78. The van der Waals surface area contributed by atoms with E-state index in [1.807, 2.05) is 0 Å². The standard InChI is InChI=1S/C25H24ClN5O5/c1-15(35-24(33)18-11-7-4-8-12-18)19(13-34-23(32)17-9-5-3-6-10-17)36-16(2)31-14-28-20-21(27)29-25(26)30-22(20)31/h3-12,14-16,19H,13H2,1-2H3,(H2,27,29,30)/t15?,16?,19-/m1/s1. The number of hydrogen-bond acceptors (Lipinski definition) is 9. The highest BCUT2D eigenvalue weighted by Crippen LogP contribution is 2.24. The van der Waals surface area contributed by atoms with Crippen molar-refractivity contribution in [2.45, 2.75) is 32.3 Å². The number of ether oxygens (including phenoxy) is 3. The lowest BCUT2D eigenvalue weighted by Gasteiger charge is -2.27. The molecule has 0 saturated carbocycles. The molecule has 186 valence electrons. The Morgan fingerprint density at radius 1 is 0.972 bits per heavy atom. The van der Waals surface area contributed by atoms with Gasteiger partial charge in [-0.2, -0.15) is 9.97 Å². The van der Waals surface area contributed by atoms with Crippen LogP contribution >= 0.6 is 11.6 Å². The van der Waals surface area contributed by atoms with Gasteiger partial charge in [0.2, 0.25) is 5.28 Å². The van der Waals surface area contributed by atoms with Crippen molar-refractivity contribution in [3.8, 4) is 0 Å². The van der Waals surface area contributed by atoms with E-state index in [1.54, 1.807) is 79.1 Å². The smallest absolute Gasteiger partial charge is 0.338 e.